The van der Waals surface area contributed by atoms with Crippen LogP contribution in [-0.4, -0.2) is 34.4 Å². The van der Waals surface area contributed by atoms with Crippen molar-refractivity contribution in [2.24, 2.45) is 0 Å². The van der Waals surface area contributed by atoms with Crippen molar-refractivity contribution in [3.05, 3.63) is 40.6 Å². The summed E-state index contributed by atoms with van der Waals surface area (Å²) in [4.78, 5) is 2.44. The Hall–Kier alpha value is -1.59. The summed E-state index contributed by atoms with van der Waals surface area (Å²) >= 11 is 0. The number of aryl methyl sites for hydroxylation is 3. The van der Waals surface area contributed by atoms with Crippen molar-refractivity contribution in [3.8, 4) is 0 Å². The summed E-state index contributed by atoms with van der Waals surface area (Å²) in [6.07, 6.45) is 1.14. The molecule has 1 saturated heterocycles. The van der Waals surface area contributed by atoms with Crippen molar-refractivity contribution in [1.29, 1.82) is 0 Å². The summed E-state index contributed by atoms with van der Waals surface area (Å²) in [5.41, 5.74) is 3.80. The van der Waals surface area contributed by atoms with E-state index in [1.54, 1.807) is 0 Å². The fraction of sp³-hybridized carbons (Fsp3) is 0.611. The Morgan fingerprint density at radius 1 is 1.26 bits per heavy atom. The Labute approximate surface area is 138 Å². The summed E-state index contributed by atoms with van der Waals surface area (Å²) in [5.74, 6) is 1.87. The fourth-order valence-electron chi connectivity index (χ4n) is 3.26. The highest BCUT2D eigenvalue weighted by atomic mass is 16.5. The third-order valence-corrected chi connectivity index (χ3v) is 4.58. The quantitative estimate of drug-likeness (QED) is 0.848. The first-order valence-corrected chi connectivity index (χ1v) is 8.51. The van der Waals surface area contributed by atoms with Crippen LogP contribution in [0.25, 0.3) is 0 Å². The van der Waals surface area contributed by atoms with Crippen LogP contribution in [0.4, 0.5) is 0 Å². The van der Waals surface area contributed by atoms with Crippen molar-refractivity contribution in [1.82, 2.24) is 14.7 Å². The Bertz CT molecular complexity index is 659. The van der Waals surface area contributed by atoms with E-state index in [1.807, 2.05) is 19.1 Å². The molecule has 2 aromatic rings. The van der Waals surface area contributed by atoms with E-state index in [9.17, 15) is 0 Å². The standard InChI is InChI=1S/C18H27N3O2/c1-5-8-21-15(4)16(14(3)19-21)11-20-9-10-22-18(12-20)17-7-6-13(2)23-17/h6-7,18H,5,8-12H2,1-4H3/t18-/m0/s1. The van der Waals surface area contributed by atoms with Crippen LogP contribution in [0.1, 0.15) is 47.9 Å². The Morgan fingerprint density at radius 2 is 2.09 bits per heavy atom. The van der Waals surface area contributed by atoms with Crippen LogP contribution in [0.15, 0.2) is 16.5 Å². The zero-order valence-corrected chi connectivity index (χ0v) is 14.6. The highest BCUT2D eigenvalue weighted by Crippen LogP contribution is 2.26. The second-order valence-corrected chi connectivity index (χ2v) is 6.42. The van der Waals surface area contributed by atoms with Crippen LogP contribution in [-0.2, 0) is 17.8 Å². The van der Waals surface area contributed by atoms with Gasteiger partial charge in [0.05, 0.1) is 12.3 Å². The number of rotatable bonds is 5. The molecule has 2 aromatic heterocycles. The molecule has 0 amide bonds. The maximum atomic E-state index is 5.89. The molecule has 3 heterocycles. The molecule has 5 nitrogen and oxygen atoms in total. The van der Waals surface area contributed by atoms with Gasteiger partial charge in [0.25, 0.3) is 0 Å². The first-order valence-electron chi connectivity index (χ1n) is 8.51. The molecule has 5 heteroatoms. The molecular weight excluding hydrogens is 290 g/mol. The summed E-state index contributed by atoms with van der Waals surface area (Å²) in [7, 11) is 0. The van der Waals surface area contributed by atoms with E-state index in [2.05, 4.69) is 35.5 Å². The number of nitrogens with zero attached hydrogens (tertiary/aromatic N) is 3. The molecular formula is C18H27N3O2. The van der Waals surface area contributed by atoms with Crippen LogP contribution in [0, 0.1) is 20.8 Å². The molecule has 0 unspecified atom stereocenters. The summed E-state index contributed by atoms with van der Waals surface area (Å²) in [5, 5.41) is 4.69. The number of furan rings is 1. The third-order valence-electron chi connectivity index (χ3n) is 4.58. The van der Waals surface area contributed by atoms with E-state index in [1.165, 1.54) is 11.3 Å². The van der Waals surface area contributed by atoms with Gasteiger partial charge >= 0.3 is 0 Å². The predicted octanol–water partition coefficient (Wildman–Crippen LogP) is 3.38. The highest BCUT2D eigenvalue weighted by Gasteiger charge is 2.25. The van der Waals surface area contributed by atoms with Gasteiger partial charge < -0.3 is 9.15 Å². The SMILES string of the molecule is CCCn1nc(C)c(CN2CCO[C@H](c3ccc(C)o3)C2)c1C. The molecule has 1 fully saturated rings. The molecule has 0 spiro atoms. The highest BCUT2D eigenvalue weighted by molar-refractivity contribution is 5.24. The molecule has 0 saturated carbocycles. The molecule has 1 aliphatic heterocycles. The zero-order chi connectivity index (χ0) is 16.4. The fourth-order valence-corrected chi connectivity index (χ4v) is 3.26. The summed E-state index contributed by atoms with van der Waals surface area (Å²) in [6.45, 7) is 12.9. The molecule has 0 radical (unpaired) electrons. The van der Waals surface area contributed by atoms with Gasteiger partial charge in [-0.05, 0) is 39.3 Å². The van der Waals surface area contributed by atoms with Gasteiger partial charge in [0.2, 0.25) is 0 Å². The lowest BCUT2D eigenvalue weighted by Gasteiger charge is -2.32. The van der Waals surface area contributed by atoms with Gasteiger partial charge in [-0.15, -0.1) is 0 Å². The van der Waals surface area contributed by atoms with Gasteiger partial charge in [-0.1, -0.05) is 6.92 Å². The van der Waals surface area contributed by atoms with Gasteiger partial charge in [0.15, 0.2) is 0 Å². The van der Waals surface area contributed by atoms with Gasteiger partial charge in [0.1, 0.15) is 17.6 Å². The van der Waals surface area contributed by atoms with Gasteiger partial charge in [-0.25, -0.2) is 0 Å². The van der Waals surface area contributed by atoms with E-state index in [0.29, 0.717) is 0 Å². The van der Waals surface area contributed by atoms with Gasteiger partial charge in [-0.3, -0.25) is 9.58 Å². The van der Waals surface area contributed by atoms with Gasteiger partial charge in [0, 0.05) is 37.4 Å². The van der Waals surface area contributed by atoms with E-state index in [0.717, 1.165) is 56.4 Å². The largest absolute Gasteiger partial charge is 0.464 e. The number of ether oxygens (including phenoxy) is 1. The van der Waals surface area contributed by atoms with Crippen LogP contribution in [0.2, 0.25) is 0 Å². The second-order valence-electron chi connectivity index (χ2n) is 6.42. The molecule has 126 valence electrons. The maximum absolute atomic E-state index is 5.89. The Morgan fingerprint density at radius 3 is 2.78 bits per heavy atom. The van der Waals surface area contributed by atoms with E-state index in [-0.39, 0.29) is 6.10 Å². The summed E-state index contributed by atoms with van der Waals surface area (Å²) < 4.78 is 13.8. The molecule has 0 bridgehead atoms. The number of aromatic nitrogens is 2. The first-order chi connectivity index (χ1) is 11.1. The lowest BCUT2D eigenvalue weighted by molar-refractivity contribution is -0.0431. The minimum absolute atomic E-state index is 0.0312. The molecule has 0 aliphatic carbocycles. The topological polar surface area (TPSA) is 43.4 Å². The Balaban J connectivity index is 1.70. The first kappa shape index (κ1) is 16.3. The average molecular weight is 317 g/mol. The molecule has 1 atom stereocenters. The third kappa shape index (κ3) is 3.51. The maximum Gasteiger partial charge on any atom is 0.134 e. The van der Waals surface area contributed by atoms with Crippen molar-refractivity contribution in [2.45, 2.75) is 53.3 Å². The van der Waals surface area contributed by atoms with E-state index < -0.39 is 0 Å². The average Bonchev–Trinajstić information content (AvgIpc) is 3.07. The monoisotopic (exact) mass is 317 g/mol. The zero-order valence-electron chi connectivity index (χ0n) is 14.6. The minimum Gasteiger partial charge on any atom is -0.464 e. The molecule has 0 N–H and O–H groups in total. The summed E-state index contributed by atoms with van der Waals surface area (Å²) in [6, 6.07) is 4.03. The molecule has 23 heavy (non-hydrogen) atoms. The molecule has 0 aromatic carbocycles. The van der Waals surface area contributed by atoms with E-state index >= 15 is 0 Å². The molecule has 1 aliphatic rings. The lowest BCUT2D eigenvalue weighted by Crippen LogP contribution is -2.37. The smallest absolute Gasteiger partial charge is 0.134 e. The van der Waals surface area contributed by atoms with E-state index in [4.69, 9.17) is 9.15 Å². The second kappa shape index (κ2) is 6.89. The number of hydrogen-bond donors (Lipinski definition) is 0. The number of morpholine rings is 1. The van der Waals surface area contributed by atoms with Crippen LogP contribution in [0.5, 0.6) is 0 Å². The lowest BCUT2D eigenvalue weighted by atomic mass is 10.1. The van der Waals surface area contributed by atoms with Crippen LogP contribution < -0.4 is 0 Å². The van der Waals surface area contributed by atoms with Crippen molar-refractivity contribution in [3.63, 3.8) is 0 Å². The minimum atomic E-state index is 0.0312. The van der Waals surface area contributed by atoms with Crippen LogP contribution >= 0.6 is 0 Å². The van der Waals surface area contributed by atoms with Gasteiger partial charge in [-0.2, -0.15) is 5.10 Å². The Kier molecular flexibility index (Phi) is 4.87. The van der Waals surface area contributed by atoms with Crippen molar-refractivity contribution >= 4 is 0 Å². The predicted molar refractivity (Wildman–Crippen MR) is 89.4 cm³/mol. The van der Waals surface area contributed by atoms with Crippen molar-refractivity contribution in [2.75, 3.05) is 19.7 Å². The number of hydrogen-bond acceptors (Lipinski definition) is 4. The normalized spacial score (nSPS) is 19.4. The van der Waals surface area contributed by atoms with Crippen molar-refractivity contribution < 1.29 is 9.15 Å². The van der Waals surface area contributed by atoms with Crippen LogP contribution in [0.3, 0.4) is 0 Å². The molecule has 3 rings (SSSR count).